The molecule has 0 atom stereocenters. The van der Waals surface area contributed by atoms with Crippen molar-refractivity contribution in [3.05, 3.63) is 36.1 Å². The largest absolute Gasteiger partial charge is 0.464 e. The third-order valence-corrected chi connectivity index (χ3v) is 11.5. The standard InChI is InChI=1S/C33H44N2O4/c34-30(36)33(39-31(37)32-18-23-15-24(19-32)17-25(16-23)20-32)10-5-22(6-11-33)7-12-35-13-8-26(9-14-35)28-21-38-29-4-2-1-3-27(28)29/h1-4,21-26H,5-20H2,(H2,34,36). The number of nitrogens with zero attached hydrogens (tertiary/aromatic N) is 1. The second kappa shape index (κ2) is 9.94. The zero-order valence-electron chi connectivity index (χ0n) is 23.2. The lowest BCUT2D eigenvalue weighted by Crippen LogP contribution is -2.56. The van der Waals surface area contributed by atoms with Crippen LogP contribution in [-0.4, -0.2) is 42.0 Å². The molecular weight excluding hydrogens is 488 g/mol. The van der Waals surface area contributed by atoms with Crippen molar-refractivity contribution in [3.8, 4) is 0 Å². The van der Waals surface area contributed by atoms with Gasteiger partial charge in [-0.2, -0.15) is 0 Å². The van der Waals surface area contributed by atoms with Crippen molar-refractivity contribution in [2.75, 3.05) is 19.6 Å². The van der Waals surface area contributed by atoms with E-state index in [2.05, 4.69) is 23.1 Å². The fraction of sp³-hybridized carbons (Fsp3) is 0.697. The molecule has 210 valence electrons. The molecule has 0 spiro atoms. The van der Waals surface area contributed by atoms with E-state index < -0.39 is 11.5 Å². The Morgan fingerprint density at radius 2 is 1.59 bits per heavy atom. The first kappa shape index (κ1) is 25.6. The number of furan rings is 1. The third-order valence-electron chi connectivity index (χ3n) is 11.5. The average molecular weight is 533 g/mol. The fourth-order valence-electron chi connectivity index (χ4n) is 9.62. The maximum absolute atomic E-state index is 13.6. The number of amides is 1. The van der Waals surface area contributed by atoms with Crippen LogP contribution in [0.15, 0.2) is 34.9 Å². The molecule has 6 nitrogen and oxygen atoms in total. The summed E-state index contributed by atoms with van der Waals surface area (Å²) in [4.78, 5) is 28.9. The van der Waals surface area contributed by atoms with Crippen LogP contribution in [-0.2, 0) is 14.3 Å². The minimum Gasteiger partial charge on any atom is -0.464 e. The molecule has 4 bridgehead atoms. The highest BCUT2D eigenvalue weighted by Gasteiger charge is 2.57. The maximum Gasteiger partial charge on any atom is 0.313 e. The van der Waals surface area contributed by atoms with Crippen LogP contribution >= 0.6 is 0 Å². The number of primary amides is 1. The first-order valence-electron chi connectivity index (χ1n) is 15.6. The molecule has 6 aliphatic rings. The van der Waals surface area contributed by atoms with Gasteiger partial charge in [-0.15, -0.1) is 0 Å². The average Bonchev–Trinajstić information content (AvgIpc) is 3.36. The zero-order valence-corrected chi connectivity index (χ0v) is 23.2. The monoisotopic (exact) mass is 532 g/mol. The summed E-state index contributed by atoms with van der Waals surface area (Å²) in [5, 5.41) is 1.26. The van der Waals surface area contributed by atoms with Crippen LogP contribution in [0.4, 0.5) is 0 Å². The minimum atomic E-state index is -1.09. The second-order valence-electron chi connectivity index (χ2n) is 14.0. The molecule has 0 radical (unpaired) electrons. The predicted octanol–water partition coefficient (Wildman–Crippen LogP) is 6.18. The number of carbonyl (C=O) groups is 2. The van der Waals surface area contributed by atoms with E-state index in [1.807, 2.05) is 12.3 Å². The summed E-state index contributed by atoms with van der Waals surface area (Å²) in [5.41, 5.74) is 6.85. The van der Waals surface area contributed by atoms with Crippen LogP contribution in [0.1, 0.15) is 95.0 Å². The van der Waals surface area contributed by atoms with Crippen LogP contribution in [0.25, 0.3) is 11.0 Å². The maximum atomic E-state index is 13.6. The highest BCUT2D eigenvalue weighted by molar-refractivity contribution is 5.88. The van der Waals surface area contributed by atoms with Gasteiger partial charge in [0.1, 0.15) is 5.58 Å². The first-order chi connectivity index (χ1) is 18.9. The fourth-order valence-corrected chi connectivity index (χ4v) is 9.62. The highest BCUT2D eigenvalue weighted by atomic mass is 16.6. The Labute approximate surface area is 232 Å². The van der Waals surface area contributed by atoms with Gasteiger partial charge in [-0.05, 0) is 139 Å². The lowest BCUT2D eigenvalue weighted by Gasteiger charge is -2.55. The quantitative estimate of drug-likeness (QED) is 0.431. The van der Waals surface area contributed by atoms with Crippen molar-refractivity contribution in [3.63, 3.8) is 0 Å². The SMILES string of the molecule is NC(=O)C1(OC(=O)C23CC4CC(CC(C4)C2)C3)CCC(CCN2CCC(c3coc4ccccc34)CC2)CC1. The molecule has 5 saturated carbocycles. The summed E-state index contributed by atoms with van der Waals surface area (Å²) in [5.74, 6) is 2.61. The lowest BCUT2D eigenvalue weighted by atomic mass is 9.49. The van der Waals surface area contributed by atoms with E-state index in [1.165, 1.54) is 43.1 Å². The van der Waals surface area contributed by atoms with Gasteiger partial charge in [-0.1, -0.05) is 18.2 Å². The van der Waals surface area contributed by atoms with Crippen LogP contribution in [0.2, 0.25) is 0 Å². The molecule has 2 aromatic rings. The van der Waals surface area contributed by atoms with E-state index in [0.29, 0.717) is 42.4 Å². The summed E-state index contributed by atoms with van der Waals surface area (Å²) in [7, 11) is 0. The lowest BCUT2D eigenvalue weighted by molar-refractivity contribution is -0.193. The molecule has 1 aromatic heterocycles. The zero-order chi connectivity index (χ0) is 26.6. The van der Waals surface area contributed by atoms with Crippen molar-refractivity contribution >= 4 is 22.8 Å². The number of carbonyl (C=O) groups excluding carboxylic acids is 2. The molecule has 1 aliphatic heterocycles. The number of esters is 1. The van der Waals surface area contributed by atoms with Crippen LogP contribution in [0.5, 0.6) is 0 Å². The number of nitrogens with two attached hydrogens (primary N) is 1. The number of fused-ring (bicyclic) bond motifs is 1. The molecule has 2 N–H and O–H groups in total. The highest BCUT2D eigenvalue weighted by Crippen LogP contribution is 2.61. The molecule has 6 heteroatoms. The van der Waals surface area contributed by atoms with E-state index in [9.17, 15) is 9.59 Å². The smallest absolute Gasteiger partial charge is 0.313 e. The number of benzene rings is 1. The number of para-hydroxylation sites is 1. The summed E-state index contributed by atoms with van der Waals surface area (Å²) in [6.07, 6.45) is 15.2. The molecule has 1 aromatic carbocycles. The summed E-state index contributed by atoms with van der Waals surface area (Å²) in [6, 6.07) is 8.35. The molecule has 0 unspecified atom stereocenters. The Morgan fingerprint density at radius 1 is 0.949 bits per heavy atom. The van der Waals surface area contributed by atoms with E-state index in [4.69, 9.17) is 14.9 Å². The minimum absolute atomic E-state index is 0.105. The molecule has 39 heavy (non-hydrogen) atoms. The van der Waals surface area contributed by atoms with Gasteiger partial charge in [-0.25, -0.2) is 0 Å². The van der Waals surface area contributed by atoms with Crippen LogP contribution in [0, 0.1) is 29.1 Å². The molecule has 5 aliphatic carbocycles. The number of hydrogen-bond donors (Lipinski definition) is 1. The Hall–Kier alpha value is -2.34. The van der Waals surface area contributed by atoms with Crippen molar-refractivity contribution < 1.29 is 18.7 Å². The molecule has 1 saturated heterocycles. The van der Waals surface area contributed by atoms with Gasteiger partial charge < -0.3 is 19.8 Å². The van der Waals surface area contributed by atoms with E-state index in [1.54, 1.807) is 0 Å². The van der Waals surface area contributed by atoms with E-state index in [0.717, 1.165) is 63.7 Å². The van der Waals surface area contributed by atoms with Gasteiger partial charge in [0.05, 0.1) is 11.7 Å². The van der Waals surface area contributed by atoms with Gasteiger partial charge >= 0.3 is 5.97 Å². The van der Waals surface area contributed by atoms with Crippen molar-refractivity contribution in [2.45, 2.75) is 95.0 Å². The first-order valence-corrected chi connectivity index (χ1v) is 15.6. The van der Waals surface area contributed by atoms with Gasteiger partial charge in [0.15, 0.2) is 5.60 Å². The Balaban J connectivity index is 0.904. The second-order valence-corrected chi connectivity index (χ2v) is 14.0. The topological polar surface area (TPSA) is 85.8 Å². The van der Waals surface area contributed by atoms with Gasteiger partial charge in [0.2, 0.25) is 0 Å². The summed E-state index contributed by atoms with van der Waals surface area (Å²) in [6.45, 7) is 3.33. The molecule has 6 fully saturated rings. The number of likely N-dealkylation sites (tertiary alicyclic amines) is 1. The van der Waals surface area contributed by atoms with E-state index >= 15 is 0 Å². The third kappa shape index (κ3) is 4.71. The Morgan fingerprint density at radius 3 is 2.23 bits per heavy atom. The molecule has 2 heterocycles. The predicted molar refractivity (Wildman–Crippen MR) is 150 cm³/mol. The van der Waals surface area contributed by atoms with Crippen molar-refractivity contribution in [2.24, 2.45) is 34.8 Å². The van der Waals surface area contributed by atoms with Gasteiger partial charge in [-0.3, -0.25) is 9.59 Å². The van der Waals surface area contributed by atoms with Gasteiger partial charge in [0, 0.05) is 10.9 Å². The summed E-state index contributed by atoms with van der Waals surface area (Å²) >= 11 is 0. The van der Waals surface area contributed by atoms with Gasteiger partial charge in [0.25, 0.3) is 5.91 Å². The molecule has 1 amide bonds. The van der Waals surface area contributed by atoms with Crippen molar-refractivity contribution in [1.29, 1.82) is 0 Å². The normalized spacial score (nSPS) is 36.8. The molecular formula is C33H44N2O4. The van der Waals surface area contributed by atoms with Crippen LogP contribution < -0.4 is 5.73 Å². The number of ether oxygens (including phenoxy) is 1. The number of rotatable bonds is 7. The Kier molecular flexibility index (Phi) is 6.53. The Bertz CT molecular complexity index is 1180. The van der Waals surface area contributed by atoms with Crippen LogP contribution in [0.3, 0.4) is 0 Å². The van der Waals surface area contributed by atoms with Crippen molar-refractivity contribution in [1.82, 2.24) is 4.90 Å². The van der Waals surface area contributed by atoms with E-state index in [-0.39, 0.29) is 11.4 Å². The number of piperidine rings is 1. The number of hydrogen-bond acceptors (Lipinski definition) is 5. The molecule has 8 rings (SSSR count). The summed E-state index contributed by atoms with van der Waals surface area (Å²) < 4.78 is 12.0.